The molecule has 30 heavy (non-hydrogen) atoms. The van der Waals surface area contributed by atoms with Crippen LogP contribution in [-0.4, -0.2) is 103 Å². The molecule has 0 bridgehead atoms. The van der Waals surface area contributed by atoms with E-state index in [1.807, 2.05) is 20.8 Å². The molecule has 1 heterocycles. The summed E-state index contributed by atoms with van der Waals surface area (Å²) in [7, 11) is 0. The fraction of sp³-hybridized carbons (Fsp3) is 0.895. The van der Waals surface area contributed by atoms with Crippen LogP contribution in [0.4, 0.5) is 0 Å². The van der Waals surface area contributed by atoms with E-state index in [0.29, 0.717) is 32.1 Å². The van der Waals surface area contributed by atoms with Crippen LogP contribution < -0.4 is 5.32 Å². The van der Waals surface area contributed by atoms with Gasteiger partial charge < -0.3 is 40.3 Å². The maximum absolute atomic E-state index is 10.0. The van der Waals surface area contributed by atoms with Crippen molar-refractivity contribution in [3.8, 4) is 0 Å². The minimum atomic E-state index is -1.61. The predicted molar refractivity (Wildman–Crippen MR) is 106 cm³/mol. The molecule has 174 valence electrons. The molecular weight excluding hydrogens is 396 g/mol. The summed E-state index contributed by atoms with van der Waals surface area (Å²) in [6.45, 7) is 8.76. The normalized spacial score (nSPS) is 30.0. The van der Waals surface area contributed by atoms with Gasteiger partial charge in [-0.15, -0.1) is 5.10 Å². The molecule has 0 spiro atoms. The highest BCUT2D eigenvalue weighted by molar-refractivity contribution is 5.03. The first-order chi connectivity index (χ1) is 14.1. The molecular formula is C19H36N4O7. The maximum Gasteiger partial charge on any atom is 0.111 e. The van der Waals surface area contributed by atoms with Gasteiger partial charge in [0.15, 0.2) is 0 Å². The van der Waals surface area contributed by atoms with Crippen LogP contribution >= 0.6 is 0 Å². The number of hydrogen-bond donors (Lipinski definition) is 6. The van der Waals surface area contributed by atoms with Crippen LogP contribution in [0.1, 0.15) is 39.3 Å². The van der Waals surface area contributed by atoms with Crippen LogP contribution in [0.5, 0.6) is 0 Å². The van der Waals surface area contributed by atoms with Crippen molar-refractivity contribution in [3.05, 3.63) is 11.9 Å². The second-order valence-corrected chi connectivity index (χ2v) is 8.61. The summed E-state index contributed by atoms with van der Waals surface area (Å²) in [6, 6.07) is -1.01. The Morgan fingerprint density at radius 2 is 1.53 bits per heavy atom. The number of rotatable bonds is 11. The van der Waals surface area contributed by atoms with Crippen LogP contribution in [0.25, 0.3) is 0 Å². The number of aryl methyl sites for hydroxylation is 1. The smallest absolute Gasteiger partial charge is 0.111 e. The Morgan fingerprint density at radius 3 is 2.17 bits per heavy atom. The Labute approximate surface area is 176 Å². The van der Waals surface area contributed by atoms with Crippen molar-refractivity contribution in [1.82, 2.24) is 20.3 Å². The Kier molecular flexibility index (Phi) is 9.57. The quantitative estimate of drug-likeness (QED) is 0.219. The van der Waals surface area contributed by atoms with Crippen molar-refractivity contribution in [2.24, 2.45) is 0 Å². The molecule has 6 atom stereocenters. The summed E-state index contributed by atoms with van der Waals surface area (Å²) in [5.41, 5.74) is 0.443. The van der Waals surface area contributed by atoms with Gasteiger partial charge in [0.05, 0.1) is 17.3 Å². The van der Waals surface area contributed by atoms with Crippen molar-refractivity contribution < 1.29 is 35.0 Å². The summed E-state index contributed by atoms with van der Waals surface area (Å²) < 4.78 is 12.9. The highest BCUT2D eigenvalue weighted by atomic mass is 16.5. The Hall–Kier alpha value is -1.18. The van der Waals surface area contributed by atoms with Gasteiger partial charge in [0, 0.05) is 39.1 Å². The lowest BCUT2D eigenvalue weighted by Gasteiger charge is -2.42. The molecule has 1 fully saturated rings. The van der Waals surface area contributed by atoms with E-state index in [1.165, 1.54) is 0 Å². The average molecular weight is 433 g/mol. The van der Waals surface area contributed by atoms with Crippen LogP contribution in [0.2, 0.25) is 0 Å². The lowest BCUT2D eigenvalue weighted by atomic mass is 9.83. The molecule has 6 N–H and O–H groups in total. The van der Waals surface area contributed by atoms with Crippen LogP contribution in [0, 0.1) is 0 Å². The first kappa shape index (κ1) is 25.1. The molecule has 11 heteroatoms. The Bertz CT molecular complexity index is 608. The molecule has 0 amide bonds. The lowest BCUT2D eigenvalue weighted by Crippen LogP contribution is -2.67. The number of nitrogens with zero attached hydrogens (tertiary/aromatic N) is 3. The van der Waals surface area contributed by atoms with Crippen LogP contribution in [0.15, 0.2) is 6.20 Å². The van der Waals surface area contributed by atoms with E-state index in [4.69, 9.17) is 9.47 Å². The average Bonchev–Trinajstić information content (AvgIpc) is 3.13. The second kappa shape index (κ2) is 11.4. The Morgan fingerprint density at radius 1 is 0.933 bits per heavy atom. The molecule has 0 aromatic carbocycles. The first-order valence-electron chi connectivity index (χ1n) is 10.3. The predicted octanol–water partition coefficient (Wildman–Crippen LogP) is -1.83. The SMILES string of the molecule is CC(C)(C)OCCCOCCCn1cc(CNC2[C@@H](O)[C@H](O)C(O)[C@H](O)[C@H]2O)nn1. The molecule has 1 aliphatic carbocycles. The number of ether oxygens (including phenoxy) is 2. The lowest BCUT2D eigenvalue weighted by molar-refractivity contribution is -0.190. The van der Waals surface area contributed by atoms with Crippen molar-refractivity contribution >= 4 is 0 Å². The van der Waals surface area contributed by atoms with Gasteiger partial charge in [-0.3, -0.25) is 4.68 Å². The van der Waals surface area contributed by atoms with Gasteiger partial charge >= 0.3 is 0 Å². The third-order valence-electron chi connectivity index (χ3n) is 4.88. The minimum absolute atomic E-state index is 0.131. The number of nitrogens with one attached hydrogen (secondary N) is 1. The molecule has 11 nitrogen and oxygen atoms in total. The van der Waals surface area contributed by atoms with Gasteiger partial charge in [-0.2, -0.15) is 0 Å². The molecule has 2 unspecified atom stereocenters. The molecule has 0 aliphatic heterocycles. The molecule has 1 saturated carbocycles. The molecule has 0 radical (unpaired) electrons. The van der Waals surface area contributed by atoms with Crippen LogP contribution in [0.3, 0.4) is 0 Å². The van der Waals surface area contributed by atoms with Crippen molar-refractivity contribution in [2.75, 3.05) is 19.8 Å². The number of aliphatic hydroxyl groups is 5. The zero-order valence-corrected chi connectivity index (χ0v) is 17.9. The molecule has 2 rings (SSSR count). The van der Waals surface area contributed by atoms with Gasteiger partial charge in [0.2, 0.25) is 0 Å². The van der Waals surface area contributed by atoms with Crippen LogP contribution in [-0.2, 0) is 22.6 Å². The summed E-state index contributed by atoms with van der Waals surface area (Å²) in [5.74, 6) is 0. The number of aromatic nitrogens is 3. The molecule has 1 aromatic heterocycles. The highest BCUT2D eigenvalue weighted by Gasteiger charge is 2.47. The monoisotopic (exact) mass is 432 g/mol. The Balaban J connectivity index is 1.64. The van der Waals surface area contributed by atoms with E-state index in [-0.39, 0.29) is 12.1 Å². The standard InChI is InChI=1S/C19H36N4O7/c1-19(2,3)30-9-5-8-29-7-4-6-23-11-12(21-22-23)10-20-13-14(24)16(26)18(28)17(27)15(13)25/h11,13-18,20,24-28H,4-10H2,1-3H3/t13?,14-,15+,16+,17-,18?. The van der Waals surface area contributed by atoms with E-state index in [2.05, 4.69) is 15.6 Å². The van der Waals surface area contributed by atoms with E-state index in [9.17, 15) is 25.5 Å². The summed E-state index contributed by atoms with van der Waals surface area (Å²) >= 11 is 0. The van der Waals surface area contributed by atoms with Gasteiger partial charge in [-0.1, -0.05) is 5.21 Å². The second-order valence-electron chi connectivity index (χ2n) is 8.61. The van der Waals surface area contributed by atoms with Crippen molar-refractivity contribution in [2.45, 2.75) is 88.9 Å². The number of aliphatic hydroxyl groups excluding tert-OH is 5. The largest absolute Gasteiger partial charge is 0.389 e. The van der Waals surface area contributed by atoms with Gasteiger partial charge in [0.1, 0.15) is 30.5 Å². The maximum atomic E-state index is 10.0. The van der Waals surface area contributed by atoms with E-state index in [1.54, 1.807) is 10.9 Å². The fourth-order valence-corrected chi connectivity index (χ4v) is 3.20. The van der Waals surface area contributed by atoms with Crippen molar-refractivity contribution in [1.29, 1.82) is 0 Å². The third-order valence-corrected chi connectivity index (χ3v) is 4.88. The summed E-state index contributed by atoms with van der Waals surface area (Å²) in [6.07, 6.45) is -4.25. The molecule has 1 aliphatic rings. The minimum Gasteiger partial charge on any atom is -0.389 e. The molecule has 0 saturated heterocycles. The third kappa shape index (κ3) is 7.50. The summed E-state index contributed by atoms with van der Waals surface area (Å²) in [5, 5.41) is 60.1. The molecule has 1 aromatic rings. The fourth-order valence-electron chi connectivity index (χ4n) is 3.20. The zero-order chi connectivity index (χ0) is 22.3. The van der Waals surface area contributed by atoms with Gasteiger partial charge in [-0.25, -0.2) is 0 Å². The first-order valence-corrected chi connectivity index (χ1v) is 10.3. The van der Waals surface area contributed by atoms with Gasteiger partial charge in [-0.05, 0) is 33.6 Å². The van der Waals surface area contributed by atoms with E-state index in [0.717, 1.165) is 12.8 Å². The van der Waals surface area contributed by atoms with Gasteiger partial charge in [0.25, 0.3) is 0 Å². The topological polar surface area (TPSA) is 162 Å². The van der Waals surface area contributed by atoms with E-state index >= 15 is 0 Å². The van der Waals surface area contributed by atoms with Crippen molar-refractivity contribution in [3.63, 3.8) is 0 Å². The number of hydrogen-bond acceptors (Lipinski definition) is 10. The zero-order valence-electron chi connectivity index (χ0n) is 17.9. The highest BCUT2D eigenvalue weighted by Crippen LogP contribution is 2.21. The summed E-state index contributed by atoms with van der Waals surface area (Å²) in [4.78, 5) is 0. The van der Waals surface area contributed by atoms with E-state index < -0.39 is 36.6 Å².